The van der Waals surface area contributed by atoms with Crippen LogP contribution in [0, 0.1) is 5.82 Å². The minimum atomic E-state index is -0.357. The lowest BCUT2D eigenvalue weighted by atomic mass is 9.97. The summed E-state index contributed by atoms with van der Waals surface area (Å²) in [7, 11) is 0. The molecule has 0 bridgehead atoms. The second-order valence-corrected chi connectivity index (χ2v) is 7.80. The third-order valence-corrected chi connectivity index (χ3v) is 5.59. The van der Waals surface area contributed by atoms with Gasteiger partial charge in [0.1, 0.15) is 5.82 Å². The van der Waals surface area contributed by atoms with Gasteiger partial charge in [-0.25, -0.2) is 4.39 Å². The Morgan fingerprint density at radius 3 is 2.72 bits per heavy atom. The van der Waals surface area contributed by atoms with Gasteiger partial charge in [-0.3, -0.25) is 4.79 Å². The van der Waals surface area contributed by atoms with E-state index in [2.05, 4.69) is 29.4 Å². The first kappa shape index (κ1) is 17.8. The maximum atomic E-state index is 13.5. The van der Waals surface area contributed by atoms with Crippen LogP contribution in [0.3, 0.4) is 0 Å². The van der Waals surface area contributed by atoms with Crippen molar-refractivity contribution in [2.24, 2.45) is 0 Å². The topological polar surface area (TPSA) is 63.9 Å². The van der Waals surface area contributed by atoms with Gasteiger partial charge in [-0.05, 0) is 68.7 Å². The average molecular weight is 363 g/mol. The van der Waals surface area contributed by atoms with Crippen LogP contribution >= 0.6 is 11.8 Å². The van der Waals surface area contributed by atoms with Gasteiger partial charge >= 0.3 is 0 Å². The molecular weight excluding hydrogens is 341 g/mol. The van der Waals surface area contributed by atoms with Crippen LogP contribution in [-0.2, 0) is 4.79 Å². The van der Waals surface area contributed by atoms with Gasteiger partial charge in [-0.15, -0.1) is 5.10 Å². The van der Waals surface area contributed by atoms with E-state index in [1.807, 2.05) is 11.8 Å². The van der Waals surface area contributed by atoms with Gasteiger partial charge in [0.25, 0.3) is 0 Å². The molecule has 25 heavy (non-hydrogen) atoms. The summed E-state index contributed by atoms with van der Waals surface area (Å²) < 4.78 is 14.9. The molecule has 8 heteroatoms. The number of piperidine rings is 1. The van der Waals surface area contributed by atoms with Gasteiger partial charge in [0, 0.05) is 12.1 Å². The number of thioether (sulfide) groups is 1. The molecule has 1 fully saturated rings. The van der Waals surface area contributed by atoms with E-state index in [-0.39, 0.29) is 29.1 Å². The van der Waals surface area contributed by atoms with Gasteiger partial charge in [-0.2, -0.15) is 4.68 Å². The monoisotopic (exact) mass is 363 g/mol. The quantitative estimate of drug-likeness (QED) is 0.781. The lowest BCUT2D eigenvalue weighted by Crippen LogP contribution is -2.50. The van der Waals surface area contributed by atoms with E-state index in [1.54, 1.807) is 12.1 Å². The highest BCUT2D eigenvalue weighted by Crippen LogP contribution is 2.29. The van der Waals surface area contributed by atoms with Crippen molar-refractivity contribution in [3.05, 3.63) is 30.1 Å². The molecule has 2 aromatic rings. The number of benzene rings is 1. The van der Waals surface area contributed by atoms with Gasteiger partial charge in [0.2, 0.25) is 11.1 Å². The molecule has 134 valence electrons. The van der Waals surface area contributed by atoms with Crippen molar-refractivity contribution in [1.29, 1.82) is 0 Å². The molecule has 2 heterocycles. The van der Waals surface area contributed by atoms with E-state index in [9.17, 15) is 9.18 Å². The van der Waals surface area contributed by atoms with Crippen molar-refractivity contribution in [2.45, 2.75) is 62.5 Å². The molecular formula is C17H22FN5OS. The molecule has 3 rings (SSSR count). The minimum Gasteiger partial charge on any atom is -0.336 e. The number of nitrogens with zero attached hydrogens (tertiary/aromatic N) is 5. The van der Waals surface area contributed by atoms with Crippen LogP contribution in [0.5, 0.6) is 0 Å². The smallest absolute Gasteiger partial charge is 0.236 e. The summed E-state index contributed by atoms with van der Waals surface area (Å²) in [5.41, 5.74) is 0.534. The fraction of sp³-hybridized carbons (Fsp3) is 0.529. The fourth-order valence-corrected chi connectivity index (χ4v) is 4.16. The number of carbonyl (C=O) groups excluding carboxylic acids is 1. The van der Waals surface area contributed by atoms with Gasteiger partial charge in [-0.1, -0.05) is 17.8 Å². The molecule has 0 N–H and O–H groups in total. The molecule has 1 amide bonds. The van der Waals surface area contributed by atoms with Crippen LogP contribution in [0.2, 0.25) is 0 Å². The first-order chi connectivity index (χ1) is 12.0. The largest absolute Gasteiger partial charge is 0.336 e. The minimum absolute atomic E-state index is 0.0958. The number of hydrogen-bond acceptors (Lipinski definition) is 5. The Morgan fingerprint density at radius 1 is 1.32 bits per heavy atom. The number of likely N-dealkylation sites (tertiary alicyclic amines) is 1. The Morgan fingerprint density at radius 2 is 2.04 bits per heavy atom. The van der Waals surface area contributed by atoms with Crippen molar-refractivity contribution < 1.29 is 9.18 Å². The molecule has 0 aliphatic carbocycles. The van der Waals surface area contributed by atoms with E-state index in [4.69, 9.17) is 0 Å². The molecule has 0 saturated carbocycles. The predicted molar refractivity (Wildman–Crippen MR) is 94.1 cm³/mol. The molecule has 1 aliphatic heterocycles. The molecule has 3 atom stereocenters. The zero-order chi connectivity index (χ0) is 18.0. The maximum absolute atomic E-state index is 13.5. The highest BCUT2D eigenvalue weighted by atomic mass is 32.2. The molecule has 0 radical (unpaired) electrons. The second-order valence-electron chi connectivity index (χ2n) is 6.49. The summed E-state index contributed by atoms with van der Waals surface area (Å²) >= 11 is 1.30. The average Bonchev–Trinajstić information content (AvgIpc) is 3.02. The highest BCUT2D eigenvalue weighted by molar-refractivity contribution is 8.00. The van der Waals surface area contributed by atoms with E-state index in [0.717, 1.165) is 19.3 Å². The first-order valence-electron chi connectivity index (χ1n) is 8.50. The normalized spacial score (nSPS) is 22.0. The van der Waals surface area contributed by atoms with E-state index in [0.29, 0.717) is 10.8 Å². The van der Waals surface area contributed by atoms with Crippen LogP contribution in [0.25, 0.3) is 5.69 Å². The summed E-state index contributed by atoms with van der Waals surface area (Å²) in [4.78, 5) is 14.9. The van der Waals surface area contributed by atoms with Crippen molar-refractivity contribution in [1.82, 2.24) is 25.1 Å². The van der Waals surface area contributed by atoms with Gasteiger partial charge in [0.15, 0.2) is 0 Å². The van der Waals surface area contributed by atoms with E-state index in [1.165, 1.54) is 28.6 Å². The molecule has 1 aromatic carbocycles. The molecule has 1 saturated heterocycles. The number of halogens is 1. The third-order valence-electron chi connectivity index (χ3n) is 4.57. The number of hydrogen-bond donors (Lipinski definition) is 0. The zero-order valence-electron chi connectivity index (χ0n) is 14.6. The van der Waals surface area contributed by atoms with E-state index >= 15 is 0 Å². The lowest BCUT2D eigenvalue weighted by Gasteiger charge is -2.40. The van der Waals surface area contributed by atoms with Crippen molar-refractivity contribution in [3.63, 3.8) is 0 Å². The second kappa shape index (κ2) is 7.51. The SMILES string of the molecule is C[C@@H]1CCC[C@H](C)N1C(=O)[C@@H](C)Sc1nnnn1-c1cccc(F)c1. The lowest BCUT2D eigenvalue weighted by molar-refractivity contribution is -0.136. The Labute approximate surface area is 150 Å². The highest BCUT2D eigenvalue weighted by Gasteiger charge is 2.32. The van der Waals surface area contributed by atoms with Crippen LogP contribution in [0.1, 0.15) is 40.0 Å². The number of aromatic nitrogens is 4. The van der Waals surface area contributed by atoms with Crippen LogP contribution in [0.15, 0.2) is 29.4 Å². The Bertz CT molecular complexity index is 742. The van der Waals surface area contributed by atoms with Crippen LogP contribution < -0.4 is 0 Å². The standard InChI is InChI=1S/C17H22FN5OS/c1-11-6-4-7-12(2)22(11)16(24)13(3)25-17-19-20-21-23(17)15-9-5-8-14(18)10-15/h5,8-13H,4,6-7H2,1-3H3/t11-,12+,13-/m1/s1. The number of tetrazole rings is 1. The van der Waals surface area contributed by atoms with Crippen molar-refractivity contribution in [3.8, 4) is 5.69 Å². The van der Waals surface area contributed by atoms with Gasteiger partial charge in [0.05, 0.1) is 10.9 Å². The predicted octanol–water partition coefficient (Wildman–Crippen LogP) is 3.07. The summed E-state index contributed by atoms with van der Waals surface area (Å²) in [6.45, 7) is 6.06. The summed E-state index contributed by atoms with van der Waals surface area (Å²) in [5.74, 6) is -0.262. The van der Waals surface area contributed by atoms with Crippen LogP contribution in [0.4, 0.5) is 4.39 Å². The zero-order valence-corrected chi connectivity index (χ0v) is 15.4. The molecule has 1 aromatic heterocycles. The van der Waals surface area contributed by atoms with E-state index < -0.39 is 0 Å². The van der Waals surface area contributed by atoms with Crippen molar-refractivity contribution in [2.75, 3.05) is 0 Å². The summed E-state index contributed by atoms with van der Waals surface area (Å²) in [6, 6.07) is 6.56. The third kappa shape index (κ3) is 3.84. The first-order valence-corrected chi connectivity index (χ1v) is 9.38. The molecule has 1 aliphatic rings. The molecule has 6 nitrogen and oxygen atoms in total. The summed E-state index contributed by atoms with van der Waals surface area (Å²) in [5, 5.41) is 11.8. The Balaban J connectivity index is 1.76. The maximum Gasteiger partial charge on any atom is 0.236 e. The number of carbonyl (C=O) groups is 1. The number of amides is 1. The van der Waals surface area contributed by atoms with Crippen molar-refractivity contribution >= 4 is 17.7 Å². The van der Waals surface area contributed by atoms with Crippen LogP contribution in [-0.4, -0.2) is 48.3 Å². The molecule has 0 spiro atoms. The Hall–Kier alpha value is -1.96. The molecule has 0 unspecified atom stereocenters. The summed E-state index contributed by atoms with van der Waals surface area (Å²) in [6.07, 6.45) is 3.23. The van der Waals surface area contributed by atoms with Gasteiger partial charge < -0.3 is 4.90 Å². The number of rotatable bonds is 4. The Kier molecular flexibility index (Phi) is 5.36. The fourth-order valence-electron chi connectivity index (χ4n) is 3.30.